The van der Waals surface area contributed by atoms with E-state index >= 15 is 0 Å². The number of aliphatic hydroxyl groups excluding tert-OH is 3. The van der Waals surface area contributed by atoms with Crippen molar-refractivity contribution in [3.05, 3.63) is 11.6 Å². The third-order valence-corrected chi connectivity index (χ3v) is 15.3. The Morgan fingerprint density at radius 3 is 2.16 bits per heavy atom. The number of fused-ring (bicyclic) bond motifs is 7. The van der Waals surface area contributed by atoms with Gasteiger partial charge in [0.1, 0.15) is 18.3 Å². The molecule has 0 aromatic carbocycles. The Kier molecular flexibility index (Phi) is 7.97. The van der Waals surface area contributed by atoms with Crippen molar-refractivity contribution in [1.29, 1.82) is 0 Å². The number of carboxylic acid groups (broad SMARTS) is 2. The van der Waals surface area contributed by atoms with Crippen molar-refractivity contribution in [2.75, 3.05) is 0 Å². The molecule has 5 aliphatic carbocycles. The van der Waals surface area contributed by atoms with Crippen LogP contribution in [0.15, 0.2) is 11.6 Å². The maximum absolute atomic E-state index is 13.8. The van der Waals surface area contributed by atoms with Gasteiger partial charge in [-0.3, -0.25) is 9.59 Å². The van der Waals surface area contributed by atoms with Crippen LogP contribution in [0.1, 0.15) is 106 Å². The van der Waals surface area contributed by atoms with Gasteiger partial charge < -0.3 is 35.0 Å². The first kappa shape index (κ1) is 33.4. The lowest BCUT2D eigenvalue weighted by Gasteiger charge is -2.70. The lowest BCUT2D eigenvalue weighted by molar-refractivity contribution is -0.324. The minimum Gasteiger partial charge on any atom is -0.481 e. The van der Waals surface area contributed by atoms with Crippen LogP contribution in [-0.4, -0.2) is 74.3 Å². The van der Waals surface area contributed by atoms with Crippen molar-refractivity contribution in [3.63, 3.8) is 0 Å². The molecular weight excluding hydrogens is 576 g/mol. The molecule has 15 atom stereocenters. The standard InChI is InChI=1S/C36H56O9/c1-18-10-15-35(30(40)41)16-17-36(31(42)43)21(25(35)19(18)2)8-9-23-33(6)13-12-24(32(4,5)22(33)11-14-34(23,36)7)45-29-28(39)27(38)26(37)20(3)44-29/h8,18-20,22-29,37-39H,9-17H2,1-7H3,(H,40,41)(H,42,43)/t18-,19+,20+,22+,23-,24?,25+,26-,27-,28+,29-,33+,34-,35+,36-/m1/s1. The minimum absolute atomic E-state index is 0.0958. The molecule has 6 aliphatic rings. The monoisotopic (exact) mass is 632 g/mol. The van der Waals surface area contributed by atoms with E-state index in [2.05, 4.69) is 47.6 Å². The van der Waals surface area contributed by atoms with Crippen LogP contribution >= 0.6 is 0 Å². The predicted molar refractivity (Wildman–Crippen MR) is 166 cm³/mol. The smallest absolute Gasteiger partial charge is 0.314 e. The molecule has 45 heavy (non-hydrogen) atoms. The first-order valence-electron chi connectivity index (χ1n) is 17.4. The summed E-state index contributed by atoms with van der Waals surface area (Å²) in [6, 6.07) is 0. The Morgan fingerprint density at radius 1 is 0.822 bits per heavy atom. The summed E-state index contributed by atoms with van der Waals surface area (Å²) in [5, 5.41) is 53.2. The van der Waals surface area contributed by atoms with Gasteiger partial charge in [-0.15, -0.1) is 0 Å². The highest BCUT2D eigenvalue weighted by Crippen LogP contribution is 2.76. The van der Waals surface area contributed by atoms with Crippen molar-refractivity contribution in [2.45, 2.75) is 143 Å². The number of aliphatic hydroxyl groups is 3. The number of hydrogen-bond acceptors (Lipinski definition) is 7. The maximum atomic E-state index is 13.8. The number of carboxylic acids is 2. The first-order chi connectivity index (χ1) is 20.9. The largest absolute Gasteiger partial charge is 0.481 e. The van der Waals surface area contributed by atoms with E-state index in [1.165, 1.54) is 0 Å². The highest BCUT2D eigenvalue weighted by molar-refractivity contribution is 5.84. The molecule has 0 spiro atoms. The predicted octanol–water partition coefficient (Wildman–Crippen LogP) is 5.01. The van der Waals surface area contributed by atoms with Gasteiger partial charge in [-0.05, 0) is 111 Å². The molecule has 0 radical (unpaired) electrons. The summed E-state index contributed by atoms with van der Waals surface area (Å²) in [4.78, 5) is 26.8. The highest BCUT2D eigenvalue weighted by atomic mass is 16.7. The van der Waals surface area contributed by atoms with E-state index in [9.17, 15) is 35.1 Å². The fourth-order valence-electron chi connectivity index (χ4n) is 12.5. The minimum atomic E-state index is -1.36. The van der Waals surface area contributed by atoms with Crippen molar-refractivity contribution in [3.8, 4) is 0 Å². The van der Waals surface area contributed by atoms with Crippen LogP contribution in [0.5, 0.6) is 0 Å². The summed E-state index contributed by atoms with van der Waals surface area (Å²) in [6.07, 6.45) is 2.36. The van der Waals surface area contributed by atoms with Gasteiger partial charge in [0.2, 0.25) is 0 Å². The third kappa shape index (κ3) is 4.28. The second kappa shape index (κ2) is 10.7. The fourth-order valence-corrected chi connectivity index (χ4v) is 12.5. The van der Waals surface area contributed by atoms with Crippen LogP contribution in [0.3, 0.4) is 0 Å². The van der Waals surface area contributed by atoms with Crippen LogP contribution in [-0.2, 0) is 19.1 Å². The second-order valence-corrected chi connectivity index (χ2v) is 17.2. The quantitative estimate of drug-likeness (QED) is 0.213. The highest BCUT2D eigenvalue weighted by Gasteiger charge is 2.73. The number of rotatable bonds is 4. The number of hydrogen-bond donors (Lipinski definition) is 5. The van der Waals surface area contributed by atoms with Gasteiger partial charge in [0, 0.05) is 0 Å². The zero-order valence-electron chi connectivity index (χ0n) is 28.2. The van der Waals surface area contributed by atoms with Gasteiger partial charge in [-0.2, -0.15) is 0 Å². The molecule has 6 rings (SSSR count). The summed E-state index contributed by atoms with van der Waals surface area (Å²) in [5.41, 5.74) is -2.13. The van der Waals surface area contributed by atoms with E-state index in [-0.39, 0.29) is 40.6 Å². The molecule has 254 valence electrons. The Hall–Kier alpha value is -1.52. The number of allylic oxidation sites excluding steroid dienone is 1. The molecule has 9 nitrogen and oxygen atoms in total. The summed E-state index contributed by atoms with van der Waals surface area (Å²) in [7, 11) is 0. The van der Waals surface area contributed by atoms with Crippen LogP contribution in [0, 0.1) is 56.7 Å². The molecular formula is C36H56O9. The first-order valence-corrected chi connectivity index (χ1v) is 17.4. The van der Waals surface area contributed by atoms with Crippen molar-refractivity contribution in [2.24, 2.45) is 56.7 Å². The number of aliphatic carboxylic acids is 2. The molecule has 0 bridgehead atoms. The van der Waals surface area contributed by atoms with E-state index in [0.29, 0.717) is 31.6 Å². The lowest BCUT2D eigenvalue weighted by Crippen LogP contribution is -2.68. The van der Waals surface area contributed by atoms with Gasteiger partial charge >= 0.3 is 11.9 Å². The molecule has 0 amide bonds. The normalized spacial score (nSPS) is 54.0. The van der Waals surface area contributed by atoms with E-state index in [1.807, 2.05) is 0 Å². The molecule has 1 saturated heterocycles. The van der Waals surface area contributed by atoms with Gasteiger partial charge in [0.15, 0.2) is 6.29 Å². The molecule has 0 aromatic rings. The average molecular weight is 633 g/mol. The lowest BCUT2D eigenvalue weighted by atomic mass is 9.33. The van der Waals surface area contributed by atoms with Gasteiger partial charge in [0.25, 0.3) is 0 Å². The summed E-state index contributed by atoms with van der Waals surface area (Å²) >= 11 is 0. The zero-order valence-corrected chi connectivity index (χ0v) is 28.2. The van der Waals surface area contributed by atoms with Gasteiger partial charge in [-0.25, -0.2) is 0 Å². The van der Waals surface area contributed by atoms with Crippen molar-refractivity contribution in [1.82, 2.24) is 0 Å². The van der Waals surface area contributed by atoms with E-state index in [4.69, 9.17) is 9.47 Å². The molecule has 1 heterocycles. The summed E-state index contributed by atoms with van der Waals surface area (Å²) in [5.74, 6) is -1.08. The number of ether oxygens (including phenoxy) is 2. The summed E-state index contributed by atoms with van der Waals surface area (Å²) in [6.45, 7) is 15.0. The van der Waals surface area contributed by atoms with Crippen LogP contribution in [0.4, 0.5) is 0 Å². The van der Waals surface area contributed by atoms with Gasteiger partial charge in [0.05, 0.1) is 23.0 Å². The molecule has 0 aromatic heterocycles. The van der Waals surface area contributed by atoms with Crippen LogP contribution < -0.4 is 0 Å². The van der Waals surface area contributed by atoms with E-state index in [1.54, 1.807) is 6.92 Å². The van der Waals surface area contributed by atoms with E-state index < -0.39 is 58.9 Å². The average Bonchev–Trinajstić information content (AvgIpc) is 2.97. The maximum Gasteiger partial charge on any atom is 0.314 e. The third-order valence-electron chi connectivity index (χ3n) is 15.3. The Morgan fingerprint density at radius 2 is 1.51 bits per heavy atom. The molecule has 1 unspecified atom stereocenters. The van der Waals surface area contributed by atoms with E-state index in [0.717, 1.165) is 37.7 Å². The molecule has 5 fully saturated rings. The van der Waals surface area contributed by atoms with Crippen molar-refractivity contribution >= 4 is 11.9 Å². The SMILES string of the molecule is C[C@H]1[C@H](C)CC[C@]2(C(=O)O)CC[C@]3(C(=O)O)C(=CC[C@@H]4[C@@]5(C)CCC(O[C@H]6O[C@@H](C)[C@@H](O)[C@@H](O)[C@@H]6O)C(C)(C)[C@@H]5CC[C@]43C)[C@H]12. The Labute approximate surface area is 267 Å². The van der Waals surface area contributed by atoms with Crippen LogP contribution in [0.25, 0.3) is 0 Å². The van der Waals surface area contributed by atoms with Crippen molar-refractivity contribution < 1.29 is 44.6 Å². The second-order valence-electron chi connectivity index (χ2n) is 17.2. The molecule has 5 N–H and O–H groups in total. The van der Waals surface area contributed by atoms with Crippen LogP contribution in [0.2, 0.25) is 0 Å². The Bertz CT molecular complexity index is 1250. The molecule has 1 aliphatic heterocycles. The molecule has 4 saturated carbocycles. The fraction of sp³-hybridized carbons (Fsp3) is 0.889. The summed E-state index contributed by atoms with van der Waals surface area (Å²) < 4.78 is 12.3. The zero-order chi connectivity index (χ0) is 33.1. The van der Waals surface area contributed by atoms with Gasteiger partial charge in [-0.1, -0.05) is 53.2 Å². The number of carbonyl (C=O) groups is 2. The Balaban J connectivity index is 1.35. The topological polar surface area (TPSA) is 154 Å². The molecule has 9 heteroatoms.